The highest BCUT2D eigenvalue weighted by atomic mass is 19.3. The van der Waals surface area contributed by atoms with E-state index in [1.807, 2.05) is 42.7 Å². The van der Waals surface area contributed by atoms with Gasteiger partial charge >= 0.3 is 11.9 Å². The average Bonchev–Trinajstić information content (AvgIpc) is 3.07. The Morgan fingerprint density at radius 2 is 1.81 bits per heavy atom. The summed E-state index contributed by atoms with van der Waals surface area (Å²) in [6.45, 7) is 5.08. The molecule has 0 aliphatic rings. The Kier molecular flexibility index (Phi) is 6.55. The largest absolute Gasteiger partial charge is 0.461 e. The van der Waals surface area contributed by atoms with Gasteiger partial charge in [-0.25, -0.2) is 9.18 Å². The lowest BCUT2D eigenvalue weighted by atomic mass is 10.0. The third-order valence-electron chi connectivity index (χ3n) is 4.95. The van der Waals surface area contributed by atoms with Gasteiger partial charge in [0, 0.05) is 28.2 Å². The summed E-state index contributed by atoms with van der Waals surface area (Å²) in [5.74, 6) is -6.26. The van der Waals surface area contributed by atoms with Crippen LogP contribution in [0.3, 0.4) is 0 Å². The smallest absolute Gasteiger partial charge is 0.380 e. The molecule has 0 radical (unpaired) electrons. The Hall–Kier alpha value is -3.06. The number of benzene rings is 2. The van der Waals surface area contributed by atoms with Gasteiger partial charge in [-0.2, -0.15) is 8.78 Å². The van der Waals surface area contributed by atoms with E-state index in [0.29, 0.717) is 16.8 Å². The number of aliphatic hydroxyl groups is 1. The van der Waals surface area contributed by atoms with E-state index in [1.165, 1.54) is 25.1 Å². The Bertz CT molecular complexity index is 1100. The molecule has 3 rings (SSSR count). The maximum absolute atomic E-state index is 14.2. The van der Waals surface area contributed by atoms with Crippen molar-refractivity contribution in [2.24, 2.45) is 0 Å². The summed E-state index contributed by atoms with van der Waals surface area (Å²) >= 11 is 0. The van der Waals surface area contributed by atoms with Gasteiger partial charge in [-0.3, -0.25) is 0 Å². The first kappa shape index (κ1) is 22.6. The number of carbonyl (C=O) groups is 1. The van der Waals surface area contributed by atoms with E-state index in [2.05, 4.69) is 4.74 Å². The number of carbonyl (C=O) groups excluding carboxylic acids is 1. The second-order valence-corrected chi connectivity index (χ2v) is 7.40. The van der Waals surface area contributed by atoms with Crippen molar-refractivity contribution in [3.63, 3.8) is 0 Å². The minimum atomic E-state index is -4.09. The molecule has 164 valence electrons. The lowest BCUT2D eigenvalue weighted by molar-refractivity contribution is -0.183. The van der Waals surface area contributed by atoms with Crippen molar-refractivity contribution in [3.8, 4) is 11.1 Å². The van der Waals surface area contributed by atoms with E-state index in [9.17, 15) is 23.1 Å². The van der Waals surface area contributed by atoms with Gasteiger partial charge in [0.1, 0.15) is 11.9 Å². The van der Waals surface area contributed by atoms with Crippen LogP contribution in [0.2, 0.25) is 0 Å². The molecular formula is C24H24F3NO3. The molecule has 0 bridgehead atoms. The van der Waals surface area contributed by atoms with E-state index in [1.54, 1.807) is 12.1 Å². The molecule has 3 aromatic rings. The first-order valence-corrected chi connectivity index (χ1v) is 9.98. The minimum Gasteiger partial charge on any atom is -0.461 e. The van der Waals surface area contributed by atoms with E-state index in [-0.39, 0.29) is 12.6 Å². The van der Waals surface area contributed by atoms with E-state index in [0.717, 1.165) is 17.0 Å². The molecule has 4 nitrogen and oxygen atoms in total. The summed E-state index contributed by atoms with van der Waals surface area (Å²) in [4.78, 5) is 11.5. The van der Waals surface area contributed by atoms with Crippen molar-refractivity contribution in [1.29, 1.82) is 0 Å². The van der Waals surface area contributed by atoms with Crippen molar-refractivity contribution >= 4 is 22.9 Å². The highest BCUT2D eigenvalue weighted by Crippen LogP contribution is 2.38. The fraction of sp³-hybridized carbons (Fsp3) is 0.292. The zero-order chi connectivity index (χ0) is 22.8. The quantitative estimate of drug-likeness (QED) is 0.496. The van der Waals surface area contributed by atoms with Crippen molar-refractivity contribution in [2.45, 2.75) is 38.8 Å². The molecule has 31 heavy (non-hydrogen) atoms. The second kappa shape index (κ2) is 8.98. The van der Waals surface area contributed by atoms with Crippen LogP contribution in [0.5, 0.6) is 0 Å². The molecule has 0 aliphatic heterocycles. The zero-order valence-corrected chi connectivity index (χ0v) is 17.5. The van der Waals surface area contributed by atoms with Gasteiger partial charge < -0.3 is 14.4 Å². The van der Waals surface area contributed by atoms with E-state index >= 15 is 0 Å². The number of ether oxygens (including phenoxy) is 1. The number of para-hydroxylation sites is 1. The maximum Gasteiger partial charge on any atom is 0.380 e. The molecule has 0 saturated heterocycles. The molecule has 2 aromatic carbocycles. The van der Waals surface area contributed by atoms with Gasteiger partial charge in [0.05, 0.1) is 6.61 Å². The van der Waals surface area contributed by atoms with E-state index in [4.69, 9.17) is 0 Å². The van der Waals surface area contributed by atoms with Crippen LogP contribution < -0.4 is 0 Å². The summed E-state index contributed by atoms with van der Waals surface area (Å²) in [7, 11) is 0. The Balaban J connectivity index is 2.18. The van der Waals surface area contributed by atoms with Gasteiger partial charge in [-0.1, -0.05) is 30.3 Å². The van der Waals surface area contributed by atoms with Crippen molar-refractivity contribution in [1.82, 2.24) is 4.57 Å². The number of hydrogen-bond acceptors (Lipinski definition) is 3. The average molecular weight is 431 g/mol. The second-order valence-electron chi connectivity index (χ2n) is 7.40. The number of esters is 1. The number of rotatable bonds is 7. The lowest BCUT2D eigenvalue weighted by Crippen LogP contribution is -2.41. The number of alkyl halides is 2. The molecule has 7 heteroatoms. The van der Waals surface area contributed by atoms with Crippen LogP contribution in [0.15, 0.2) is 54.6 Å². The molecular weight excluding hydrogens is 407 g/mol. The molecule has 0 saturated carbocycles. The number of nitrogens with zero attached hydrogens (tertiary/aromatic N) is 1. The van der Waals surface area contributed by atoms with Crippen molar-refractivity contribution in [3.05, 3.63) is 66.1 Å². The fourth-order valence-corrected chi connectivity index (χ4v) is 3.57. The van der Waals surface area contributed by atoms with Crippen LogP contribution in [-0.4, -0.2) is 34.3 Å². The number of aromatic nitrogens is 1. The van der Waals surface area contributed by atoms with Gasteiger partial charge in [0.15, 0.2) is 0 Å². The summed E-state index contributed by atoms with van der Waals surface area (Å²) < 4.78 is 48.2. The monoisotopic (exact) mass is 431 g/mol. The molecule has 1 unspecified atom stereocenters. The first-order chi connectivity index (χ1) is 14.7. The maximum atomic E-state index is 14.2. The molecule has 1 aromatic heterocycles. The first-order valence-electron chi connectivity index (χ1n) is 9.98. The van der Waals surface area contributed by atoms with Gasteiger partial charge in [0.2, 0.25) is 0 Å². The lowest BCUT2D eigenvalue weighted by Gasteiger charge is -2.18. The SMILES string of the molecule is CCOC(=O)C(F)(F)C(O)/C=C/c1c(-c2ccc(F)cc2)c2ccccc2n1C(C)C. The fourth-order valence-electron chi connectivity index (χ4n) is 3.57. The van der Waals surface area contributed by atoms with Crippen LogP contribution in [0.25, 0.3) is 28.1 Å². The number of halogens is 3. The molecule has 0 spiro atoms. The Morgan fingerprint density at radius 3 is 2.42 bits per heavy atom. The Labute approximate surface area is 178 Å². The van der Waals surface area contributed by atoms with Crippen LogP contribution in [0, 0.1) is 5.82 Å². The molecule has 0 aliphatic carbocycles. The number of aliphatic hydroxyl groups excluding tert-OH is 1. The summed E-state index contributed by atoms with van der Waals surface area (Å²) in [5, 5.41) is 10.9. The molecule has 0 amide bonds. The highest BCUT2D eigenvalue weighted by Gasteiger charge is 2.47. The van der Waals surface area contributed by atoms with Crippen LogP contribution in [0.1, 0.15) is 32.5 Å². The molecule has 1 heterocycles. The predicted molar refractivity (Wildman–Crippen MR) is 114 cm³/mol. The van der Waals surface area contributed by atoms with Crippen molar-refractivity contribution in [2.75, 3.05) is 6.61 Å². The minimum absolute atomic E-state index is 0.0403. The third-order valence-corrected chi connectivity index (χ3v) is 4.95. The summed E-state index contributed by atoms with van der Waals surface area (Å²) in [5.41, 5.74) is 2.83. The van der Waals surface area contributed by atoms with Crippen LogP contribution in [-0.2, 0) is 9.53 Å². The van der Waals surface area contributed by atoms with Gasteiger partial charge in [0.25, 0.3) is 0 Å². The predicted octanol–water partition coefficient (Wildman–Crippen LogP) is 5.60. The highest BCUT2D eigenvalue weighted by molar-refractivity contribution is 6.01. The standard InChI is InChI=1S/C24H24F3NO3/c1-4-31-23(30)24(26,27)21(29)14-13-20-22(16-9-11-17(25)12-10-16)18-7-5-6-8-19(18)28(20)15(2)3/h5-15,21,29H,4H2,1-3H3/b14-13+. The van der Waals surface area contributed by atoms with Gasteiger partial charge in [-0.15, -0.1) is 0 Å². The Morgan fingerprint density at radius 1 is 1.16 bits per heavy atom. The normalized spacial score (nSPS) is 13.3. The molecule has 0 fully saturated rings. The van der Waals surface area contributed by atoms with E-state index < -0.39 is 23.8 Å². The van der Waals surface area contributed by atoms with Crippen LogP contribution >= 0.6 is 0 Å². The number of hydrogen-bond donors (Lipinski definition) is 1. The zero-order valence-electron chi connectivity index (χ0n) is 17.5. The van der Waals surface area contributed by atoms with Crippen LogP contribution in [0.4, 0.5) is 13.2 Å². The number of fused-ring (bicyclic) bond motifs is 1. The topological polar surface area (TPSA) is 51.5 Å². The molecule has 1 atom stereocenters. The van der Waals surface area contributed by atoms with Crippen molar-refractivity contribution < 1.29 is 27.8 Å². The van der Waals surface area contributed by atoms with Gasteiger partial charge in [-0.05, 0) is 56.7 Å². The summed E-state index contributed by atoms with van der Waals surface area (Å²) in [6.07, 6.45) is -0.112. The molecule has 1 N–H and O–H groups in total. The summed E-state index contributed by atoms with van der Waals surface area (Å²) in [6, 6.07) is 13.4. The third kappa shape index (κ3) is 4.37.